The van der Waals surface area contributed by atoms with Gasteiger partial charge in [-0.2, -0.15) is 0 Å². The van der Waals surface area contributed by atoms with Crippen LogP contribution in [0.1, 0.15) is 12.8 Å². The summed E-state index contributed by atoms with van der Waals surface area (Å²) in [6.07, 6.45) is 5.93. The van der Waals surface area contributed by atoms with Gasteiger partial charge in [0.1, 0.15) is 0 Å². The van der Waals surface area contributed by atoms with Crippen molar-refractivity contribution in [1.29, 1.82) is 0 Å². The minimum absolute atomic E-state index is 0.0419. The Kier molecular flexibility index (Phi) is 2.14. The second kappa shape index (κ2) is 3.42. The summed E-state index contributed by atoms with van der Waals surface area (Å²) < 4.78 is 0. The van der Waals surface area contributed by atoms with Crippen molar-refractivity contribution in [3.8, 4) is 0 Å². The number of likely N-dealkylation sites (tertiary alicyclic amines) is 1. The summed E-state index contributed by atoms with van der Waals surface area (Å²) >= 11 is 0. The minimum Gasteiger partial charge on any atom is -0.330 e. The van der Waals surface area contributed by atoms with Gasteiger partial charge in [-0.3, -0.25) is 14.5 Å². The molecule has 4 atom stereocenters. The molecule has 3 rings (SSSR count). The molecule has 2 fully saturated rings. The number of fused-ring (bicyclic) bond motifs is 5. The number of carbonyl (C=O) groups excluding carboxylic acids is 2. The molecule has 86 valence electrons. The number of amides is 2. The van der Waals surface area contributed by atoms with Crippen molar-refractivity contribution in [3.05, 3.63) is 12.2 Å². The number of nitrogens with zero attached hydrogens (tertiary/aromatic N) is 1. The van der Waals surface area contributed by atoms with Crippen molar-refractivity contribution in [2.24, 2.45) is 29.4 Å². The van der Waals surface area contributed by atoms with Crippen LogP contribution in [0.15, 0.2) is 12.2 Å². The molecule has 4 heteroatoms. The van der Waals surface area contributed by atoms with Gasteiger partial charge >= 0.3 is 0 Å². The monoisotopic (exact) mass is 220 g/mol. The Morgan fingerprint density at radius 3 is 2.25 bits per heavy atom. The zero-order chi connectivity index (χ0) is 11.3. The van der Waals surface area contributed by atoms with Crippen LogP contribution in [0.5, 0.6) is 0 Å². The first-order valence-corrected chi connectivity index (χ1v) is 5.97. The van der Waals surface area contributed by atoms with Crippen LogP contribution in [0.4, 0.5) is 0 Å². The van der Waals surface area contributed by atoms with Crippen LogP contribution < -0.4 is 5.73 Å². The number of hydrogen-bond acceptors (Lipinski definition) is 3. The van der Waals surface area contributed by atoms with Gasteiger partial charge in [0.2, 0.25) is 11.8 Å². The standard InChI is InChI=1S/C12H16N2O2/c13-4-1-5-14-11(15)9-7-2-3-8(6-7)10(9)12(14)16/h2-3,7-10H,1,4-6,13H2/t7-,8+,9-,10+. The summed E-state index contributed by atoms with van der Waals surface area (Å²) in [5, 5.41) is 0. The van der Waals surface area contributed by atoms with E-state index < -0.39 is 0 Å². The van der Waals surface area contributed by atoms with Crippen molar-refractivity contribution in [1.82, 2.24) is 4.90 Å². The third-order valence-electron chi connectivity index (χ3n) is 4.15. The highest BCUT2D eigenvalue weighted by molar-refractivity contribution is 6.06. The summed E-state index contributed by atoms with van der Waals surface area (Å²) in [5.41, 5.74) is 5.42. The van der Waals surface area contributed by atoms with Gasteiger partial charge in [-0.15, -0.1) is 0 Å². The molecule has 1 saturated carbocycles. The summed E-state index contributed by atoms with van der Waals surface area (Å²) in [5.74, 6) is 0.602. The number of allylic oxidation sites excluding steroid dienone is 2. The molecule has 1 aliphatic heterocycles. The van der Waals surface area contributed by atoms with Gasteiger partial charge in [-0.25, -0.2) is 0 Å². The Morgan fingerprint density at radius 2 is 1.75 bits per heavy atom. The van der Waals surface area contributed by atoms with E-state index in [2.05, 4.69) is 12.2 Å². The predicted octanol–water partition coefficient (Wildman–Crippen LogP) is 0.142. The fourth-order valence-corrected chi connectivity index (χ4v) is 3.43. The molecule has 2 aliphatic carbocycles. The molecule has 4 nitrogen and oxygen atoms in total. The van der Waals surface area contributed by atoms with Crippen LogP contribution in [0, 0.1) is 23.7 Å². The molecule has 2 bridgehead atoms. The molecule has 1 saturated heterocycles. The molecule has 2 N–H and O–H groups in total. The third-order valence-corrected chi connectivity index (χ3v) is 4.15. The van der Waals surface area contributed by atoms with E-state index in [0.717, 1.165) is 6.42 Å². The lowest BCUT2D eigenvalue weighted by molar-refractivity contribution is -0.140. The van der Waals surface area contributed by atoms with Crippen LogP contribution in [-0.2, 0) is 9.59 Å². The zero-order valence-corrected chi connectivity index (χ0v) is 9.13. The van der Waals surface area contributed by atoms with Crippen molar-refractivity contribution >= 4 is 11.8 Å². The maximum atomic E-state index is 12.1. The molecule has 1 heterocycles. The normalized spacial score (nSPS) is 39.9. The van der Waals surface area contributed by atoms with Crippen LogP contribution in [-0.4, -0.2) is 29.8 Å². The summed E-state index contributed by atoms with van der Waals surface area (Å²) in [7, 11) is 0. The largest absolute Gasteiger partial charge is 0.330 e. The number of carbonyl (C=O) groups is 2. The average Bonchev–Trinajstić information content (AvgIpc) is 2.92. The maximum Gasteiger partial charge on any atom is 0.233 e. The molecule has 3 aliphatic rings. The van der Waals surface area contributed by atoms with Crippen molar-refractivity contribution in [3.63, 3.8) is 0 Å². The maximum absolute atomic E-state index is 12.1. The molecule has 0 aromatic rings. The van der Waals surface area contributed by atoms with E-state index in [0.29, 0.717) is 31.3 Å². The van der Waals surface area contributed by atoms with E-state index in [-0.39, 0.29) is 23.7 Å². The fourth-order valence-electron chi connectivity index (χ4n) is 3.43. The van der Waals surface area contributed by atoms with Crippen molar-refractivity contribution in [2.75, 3.05) is 13.1 Å². The molecule has 0 unspecified atom stereocenters. The van der Waals surface area contributed by atoms with Crippen LogP contribution in [0.25, 0.3) is 0 Å². The van der Waals surface area contributed by atoms with Gasteiger partial charge < -0.3 is 5.73 Å². The van der Waals surface area contributed by atoms with E-state index in [1.54, 1.807) is 0 Å². The lowest BCUT2D eigenvalue weighted by Gasteiger charge is -2.16. The first kappa shape index (κ1) is 10.0. The quantitative estimate of drug-likeness (QED) is 0.543. The molecule has 0 aromatic carbocycles. The smallest absolute Gasteiger partial charge is 0.233 e. The second-order valence-electron chi connectivity index (χ2n) is 4.97. The van der Waals surface area contributed by atoms with Crippen molar-refractivity contribution < 1.29 is 9.59 Å². The summed E-state index contributed by atoms with van der Waals surface area (Å²) in [6.45, 7) is 1.03. The summed E-state index contributed by atoms with van der Waals surface area (Å²) in [4.78, 5) is 25.7. The first-order valence-electron chi connectivity index (χ1n) is 5.97. The number of nitrogens with two attached hydrogens (primary N) is 1. The van der Waals surface area contributed by atoms with Crippen molar-refractivity contribution in [2.45, 2.75) is 12.8 Å². The molecular formula is C12H16N2O2. The zero-order valence-electron chi connectivity index (χ0n) is 9.13. The average molecular weight is 220 g/mol. The lowest BCUT2D eigenvalue weighted by Crippen LogP contribution is -2.34. The Morgan fingerprint density at radius 1 is 1.19 bits per heavy atom. The lowest BCUT2D eigenvalue weighted by atomic mass is 9.85. The number of imide groups is 1. The molecule has 0 aromatic heterocycles. The third kappa shape index (κ3) is 1.13. The first-order chi connectivity index (χ1) is 7.74. The highest BCUT2D eigenvalue weighted by atomic mass is 16.2. The van der Waals surface area contributed by atoms with Crippen LogP contribution >= 0.6 is 0 Å². The van der Waals surface area contributed by atoms with Gasteiger partial charge in [-0.05, 0) is 31.2 Å². The van der Waals surface area contributed by atoms with Gasteiger partial charge in [0.05, 0.1) is 11.8 Å². The number of hydrogen-bond donors (Lipinski definition) is 1. The highest BCUT2D eigenvalue weighted by Crippen LogP contribution is 2.52. The number of rotatable bonds is 3. The van der Waals surface area contributed by atoms with E-state index >= 15 is 0 Å². The molecule has 2 amide bonds. The molecule has 0 spiro atoms. The van der Waals surface area contributed by atoms with Gasteiger partial charge in [-0.1, -0.05) is 12.2 Å². The SMILES string of the molecule is NCCCN1C(=O)[C@@H]2[C@H](C1=O)[C@@H]1C=C[C@H]2C1. The fraction of sp³-hybridized carbons (Fsp3) is 0.667. The van der Waals surface area contributed by atoms with Gasteiger partial charge in [0.15, 0.2) is 0 Å². The molecule has 16 heavy (non-hydrogen) atoms. The van der Waals surface area contributed by atoms with E-state index in [9.17, 15) is 9.59 Å². The minimum atomic E-state index is -0.0553. The summed E-state index contributed by atoms with van der Waals surface area (Å²) in [6, 6.07) is 0. The second-order valence-corrected chi connectivity index (χ2v) is 4.97. The Bertz CT molecular complexity index is 347. The molecular weight excluding hydrogens is 204 g/mol. The topological polar surface area (TPSA) is 63.4 Å². The van der Waals surface area contributed by atoms with Crippen LogP contribution in [0.2, 0.25) is 0 Å². The predicted molar refractivity (Wildman–Crippen MR) is 58.1 cm³/mol. The van der Waals surface area contributed by atoms with Gasteiger partial charge in [0, 0.05) is 6.54 Å². The molecule has 0 radical (unpaired) electrons. The van der Waals surface area contributed by atoms with E-state index in [1.807, 2.05) is 0 Å². The highest BCUT2D eigenvalue weighted by Gasteiger charge is 2.58. The van der Waals surface area contributed by atoms with Gasteiger partial charge in [0.25, 0.3) is 0 Å². The Balaban J connectivity index is 1.83. The van der Waals surface area contributed by atoms with E-state index in [1.165, 1.54) is 4.90 Å². The Labute approximate surface area is 94.5 Å². The van der Waals surface area contributed by atoms with E-state index in [4.69, 9.17) is 5.73 Å². The Hall–Kier alpha value is -1.16. The van der Waals surface area contributed by atoms with Crippen LogP contribution in [0.3, 0.4) is 0 Å².